The molecule has 18 heavy (non-hydrogen) atoms. The molecule has 0 aliphatic carbocycles. The Kier molecular flexibility index (Phi) is 3.27. The van der Waals surface area contributed by atoms with Crippen LogP contribution in [0.4, 0.5) is 16.3 Å². The molecule has 1 aliphatic rings. The van der Waals surface area contributed by atoms with E-state index in [0.717, 1.165) is 31.6 Å². The standard InChI is InChI=1S/C12H18N4O2/c1-12(18-11(14)17)4-7-16(8-5-12)9-3-2-6-15-10(9)13/h2-3,6H,4-5,7-8H2,1H3,(H2,13,15)(H2,14,17). The molecule has 0 spiro atoms. The Morgan fingerprint density at radius 1 is 1.50 bits per heavy atom. The van der Waals surface area contributed by atoms with Crippen molar-refractivity contribution >= 4 is 17.6 Å². The lowest BCUT2D eigenvalue weighted by Crippen LogP contribution is -2.46. The fourth-order valence-corrected chi connectivity index (χ4v) is 2.24. The summed E-state index contributed by atoms with van der Waals surface area (Å²) in [6.45, 7) is 3.43. The highest BCUT2D eigenvalue weighted by atomic mass is 16.6. The molecule has 1 amide bonds. The van der Waals surface area contributed by atoms with Gasteiger partial charge in [0.25, 0.3) is 0 Å². The van der Waals surface area contributed by atoms with E-state index < -0.39 is 11.7 Å². The second-order valence-electron chi connectivity index (χ2n) is 4.77. The monoisotopic (exact) mass is 250 g/mol. The Hall–Kier alpha value is -1.98. The molecular formula is C12H18N4O2. The maximum atomic E-state index is 10.8. The van der Waals surface area contributed by atoms with Crippen molar-refractivity contribution in [2.45, 2.75) is 25.4 Å². The van der Waals surface area contributed by atoms with E-state index in [4.69, 9.17) is 16.2 Å². The third-order valence-electron chi connectivity index (χ3n) is 3.33. The van der Waals surface area contributed by atoms with Crippen molar-refractivity contribution in [3.05, 3.63) is 18.3 Å². The Balaban J connectivity index is 2.03. The molecule has 0 radical (unpaired) electrons. The molecule has 0 unspecified atom stereocenters. The van der Waals surface area contributed by atoms with E-state index in [9.17, 15) is 4.79 Å². The first-order valence-electron chi connectivity index (χ1n) is 5.94. The Morgan fingerprint density at radius 2 is 2.17 bits per heavy atom. The van der Waals surface area contributed by atoms with Crippen LogP contribution in [-0.4, -0.2) is 29.8 Å². The van der Waals surface area contributed by atoms with Crippen LogP contribution in [0.15, 0.2) is 18.3 Å². The maximum absolute atomic E-state index is 10.8. The number of aromatic nitrogens is 1. The first-order valence-corrected chi connectivity index (χ1v) is 5.94. The molecule has 1 fully saturated rings. The molecule has 0 aromatic carbocycles. The second kappa shape index (κ2) is 4.72. The zero-order valence-electron chi connectivity index (χ0n) is 10.4. The SMILES string of the molecule is CC1(OC(N)=O)CCN(c2cccnc2N)CC1. The molecule has 2 heterocycles. The number of ether oxygens (including phenoxy) is 1. The number of nitrogens with two attached hydrogens (primary N) is 2. The van der Waals surface area contributed by atoms with Crippen LogP contribution in [0.1, 0.15) is 19.8 Å². The summed E-state index contributed by atoms with van der Waals surface area (Å²) in [6.07, 6.45) is 2.41. The topological polar surface area (TPSA) is 94.5 Å². The van der Waals surface area contributed by atoms with Gasteiger partial charge >= 0.3 is 6.09 Å². The number of hydrogen-bond acceptors (Lipinski definition) is 5. The van der Waals surface area contributed by atoms with Crippen LogP contribution in [0.5, 0.6) is 0 Å². The van der Waals surface area contributed by atoms with E-state index >= 15 is 0 Å². The van der Waals surface area contributed by atoms with Gasteiger partial charge in [-0.1, -0.05) is 0 Å². The van der Waals surface area contributed by atoms with Crippen LogP contribution in [-0.2, 0) is 4.74 Å². The van der Waals surface area contributed by atoms with E-state index in [1.165, 1.54) is 0 Å². The number of nitrogens with zero attached hydrogens (tertiary/aromatic N) is 2. The molecule has 1 aromatic rings. The average Bonchev–Trinajstić information content (AvgIpc) is 2.30. The fourth-order valence-electron chi connectivity index (χ4n) is 2.24. The Morgan fingerprint density at radius 3 is 2.72 bits per heavy atom. The molecule has 2 rings (SSSR count). The van der Waals surface area contributed by atoms with Gasteiger partial charge in [0.2, 0.25) is 0 Å². The molecule has 1 saturated heterocycles. The zero-order valence-corrected chi connectivity index (χ0v) is 10.4. The molecule has 1 aromatic heterocycles. The largest absolute Gasteiger partial charge is 0.443 e. The molecule has 6 nitrogen and oxygen atoms in total. The van der Waals surface area contributed by atoms with E-state index in [1.807, 2.05) is 19.1 Å². The number of primary amides is 1. The predicted octanol–water partition coefficient (Wildman–Crippen LogP) is 1.12. The fraction of sp³-hybridized carbons (Fsp3) is 0.500. The first-order chi connectivity index (χ1) is 8.50. The Bertz CT molecular complexity index is 441. The van der Waals surface area contributed by atoms with Gasteiger partial charge in [-0.2, -0.15) is 0 Å². The highest BCUT2D eigenvalue weighted by molar-refractivity contribution is 5.65. The van der Waals surface area contributed by atoms with Crippen molar-refractivity contribution in [3.63, 3.8) is 0 Å². The summed E-state index contributed by atoms with van der Waals surface area (Å²) in [6, 6.07) is 3.80. The summed E-state index contributed by atoms with van der Waals surface area (Å²) in [7, 11) is 0. The molecule has 4 N–H and O–H groups in total. The maximum Gasteiger partial charge on any atom is 0.405 e. The van der Waals surface area contributed by atoms with Crippen LogP contribution in [0, 0.1) is 0 Å². The minimum atomic E-state index is -0.716. The summed E-state index contributed by atoms with van der Waals surface area (Å²) in [5.74, 6) is 0.525. The van der Waals surface area contributed by atoms with Crippen LogP contribution in [0.3, 0.4) is 0 Å². The molecule has 0 bridgehead atoms. The van der Waals surface area contributed by atoms with Gasteiger partial charge in [0.05, 0.1) is 5.69 Å². The van der Waals surface area contributed by atoms with Gasteiger partial charge in [-0.05, 0) is 19.1 Å². The number of piperidine rings is 1. The number of amides is 1. The molecule has 0 saturated carbocycles. The predicted molar refractivity (Wildman–Crippen MR) is 69.2 cm³/mol. The average molecular weight is 250 g/mol. The number of pyridine rings is 1. The van der Waals surface area contributed by atoms with Crippen LogP contribution < -0.4 is 16.4 Å². The summed E-state index contributed by atoms with van der Waals surface area (Å²) < 4.78 is 5.16. The van der Waals surface area contributed by atoms with E-state index in [-0.39, 0.29) is 0 Å². The van der Waals surface area contributed by atoms with Gasteiger partial charge in [0.1, 0.15) is 11.4 Å². The third kappa shape index (κ3) is 2.64. The highest BCUT2D eigenvalue weighted by Crippen LogP contribution is 2.30. The number of anilines is 2. The van der Waals surface area contributed by atoms with Gasteiger partial charge in [0, 0.05) is 32.1 Å². The van der Waals surface area contributed by atoms with Crippen molar-refractivity contribution in [3.8, 4) is 0 Å². The lowest BCUT2D eigenvalue weighted by Gasteiger charge is -2.39. The van der Waals surface area contributed by atoms with Gasteiger partial charge in [-0.25, -0.2) is 9.78 Å². The Labute approximate surface area is 106 Å². The van der Waals surface area contributed by atoms with E-state index in [1.54, 1.807) is 6.20 Å². The highest BCUT2D eigenvalue weighted by Gasteiger charge is 2.33. The summed E-state index contributed by atoms with van der Waals surface area (Å²) in [5, 5.41) is 0. The van der Waals surface area contributed by atoms with E-state index in [2.05, 4.69) is 9.88 Å². The lowest BCUT2D eigenvalue weighted by molar-refractivity contribution is 0.0127. The van der Waals surface area contributed by atoms with Crippen LogP contribution >= 0.6 is 0 Å². The minimum Gasteiger partial charge on any atom is -0.443 e. The van der Waals surface area contributed by atoms with Crippen molar-refractivity contribution in [2.75, 3.05) is 23.7 Å². The van der Waals surface area contributed by atoms with Crippen molar-refractivity contribution in [1.82, 2.24) is 4.98 Å². The number of hydrogen-bond donors (Lipinski definition) is 2. The molecule has 98 valence electrons. The molecular weight excluding hydrogens is 232 g/mol. The number of rotatable bonds is 2. The molecule has 0 atom stereocenters. The van der Waals surface area contributed by atoms with E-state index in [0.29, 0.717) is 5.82 Å². The van der Waals surface area contributed by atoms with Gasteiger partial charge in [-0.15, -0.1) is 0 Å². The summed E-state index contributed by atoms with van der Waals surface area (Å²) in [5.41, 5.74) is 11.4. The van der Waals surface area contributed by atoms with Gasteiger partial charge < -0.3 is 21.1 Å². The minimum absolute atomic E-state index is 0.473. The van der Waals surface area contributed by atoms with Gasteiger partial charge in [-0.3, -0.25) is 0 Å². The smallest absolute Gasteiger partial charge is 0.405 e. The zero-order chi connectivity index (χ0) is 13.2. The molecule has 1 aliphatic heterocycles. The number of nitrogen functional groups attached to an aromatic ring is 1. The quantitative estimate of drug-likeness (QED) is 0.820. The second-order valence-corrected chi connectivity index (χ2v) is 4.77. The van der Waals surface area contributed by atoms with Crippen molar-refractivity contribution in [1.29, 1.82) is 0 Å². The summed E-state index contributed by atoms with van der Waals surface area (Å²) in [4.78, 5) is 17.1. The van der Waals surface area contributed by atoms with Gasteiger partial charge in [0.15, 0.2) is 0 Å². The first kappa shape index (κ1) is 12.5. The van der Waals surface area contributed by atoms with Crippen LogP contribution in [0.2, 0.25) is 0 Å². The van der Waals surface area contributed by atoms with Crippen molar-refractivity contribution in [2.24, 2.45) is 5.73 Å². The number of carbonyl (C=O) groups excluding carboxylic acids is 1. The normalized spacial score (nSPS) is 18.4. The summed E-state index contributed by atoms with van der Waals surface area (Å²) >= 11 is 0. The lowest BCUT2D eigenvalue weighted by atomic mass is 9.93. The molecule has 6 heteroatoms. The number of carbonyl (C=O) groups is 1. The van der Waals surface area contributed by atoms with Crippen LogP contribution in [0.25, 0.3) is 0 Å². The third-order valence-corrected chi connectivity index (χ3v) is 3.33. The van der Waals surface area contributed by atoms with Crippen molar-refractivity contribution < 1.29 is 9.53 Å².